The van der Waals surface area contributed by atoms with Crippen molar-refractivity contribution in [2.75, 3.05) is 13.7 Å². The molecule has 0 saturated heterocycles. The highest BCUT2D eigenvalue weighted by molar-refractivity contribution is 4.84. The molecule has 17 heavy (non-hydrogen) atoms. The Morgan fingerprint density at radius 1 is 1.12 bits per heavy atom. The summed E-state index contributed by atoms with van der Waals surface area (Å²) in [7, 11) is 2.08. The van der Waals surface area contributed by atoms with Crippen molar-refractivity contribution in [3.63, 3.8) is 0 Å². The average molecular weight is 241 g/mol. The highest BCUT2D eigenvalue weighted by Gasteiger charge is 2.29. The van der Waals surface area contributed by atoms with Crippen LogP contribution in [0.25, 0.3) is 0 Å². The van der Waals surface area contributed by atoms with E-state index in [-0.39, 0.29) is 0 Å². The van der Waals surface area contributed by atoms with E-state index in [2.05, 4.69) is 26.2 Å². The van der Waals surface area contributed by atoms with E-state index in [1.54, 1.807) is 0 Å². The van der Waals surface area contributed by atoms with Gasteiger partial charge in [0.1, 0.15) is 0 Å². The Kier molecular flexibility index (Phi) is 7.87. The minimum Gasteiger partial charge on any atom is -0.377 e. The summed E-state index contributed by atoms with van der Waals surface area (Å²) in [6.07, 6.45) is 10.9. The monoisotopic (exact) mass is 241 g/mol. The molecule has 0 aromatic rings. The van der Waals surface area contributed by atoms with E-state index >= 15 is 0 Å². The lowest BCUT2D eigenvalue weighted by molar-refractivity contribution is -0.0107. The van der Waals surface area contributed by atoms with Crippen LogP contribution in [0.5, 0.6) is 0 Å². The average Bonchev–Trinajstić information content (AvgIpc) is 2.35. The number of nitrogens with one attached hydrogen (secondary N) is 1. The summed E-state index contributed by atoms with van der Waals surface area (Å²) in [5.41, 5.74) is 0. The molecular weight excluding hydrogens is 210 g/mol. The first-order valence-corrected chi connectivity index (χ1v) is 7.60. The van der Waals surface area contributed by atoms with Gasteiger partial charge in [-0.05, 0) is 38.6 Å². The van der Waals surface area contributed by atoms with Gasteiger partial charge in [-0.1, -0.05) is 39.5 Å². The van der Waals surface area contributed by atoms with Crippen LogP contribution in [0.3, 0.4) is 0 Å². The van der Waals surface area contributed by atoms with E-state index in [9.17, 15) is 0 Å². The minimum atomic E-state index is 0.460. The first-order valence-electron chi connectivity index (χ1n) is 7.60. The smallest absolute Gasteiger partial charge is 0.0730 e. The second kappa shape index (κ2) is 8.93. The number of ether oxygens (including phenoxy) is 1. The van der Waals surface area contributed by atoms with Gasteiger partial charge in [-0.3, -0.25) is 0 Å². The van der Waals surface area contributed by atoms with E-state index in [1.807, 2.05) is 0 Å². The molecule has 1 N–H and O–H groups in total. The number of rotatable bonds is 8. The summed E-state index contributed by atoms with van der Waals surface area (Å²) in [6.45, 7) is 5.49. The van der Waals surface area contributed by atoms with Gasteiger partial charge in [0.2, 0.25) is 0 Å². The predicted octanol–water partition coefficient (Wildman–Crippen LogP) is 3.75. The third-order valence-electron chi connectivity index (χ3n) is 4.05. The van der Waals surface area contributed by atoms with Gasteiger partial charge in [0.25, 0.3) is 0 Å². The van der Waals surface area contributed by atoms with E-state index in [4.69, 9.17) is 4.74 Å². The van der Waals surface area contributed by atoms with Gasteiger partial charge >= 0.3 is 0 Å². The molecule has 0 bridgehead atoms. The zero-order valence-electron chi connectivity index (χ0n) is 12.0. The quantitative estimate of drug-likeness (QED) is 0.653. The Balaban J connectivity index is 2.29. The van der Waals surface area contributed by atoms with Crippen LogP contribution < -0.4 is 5.32 Å². The number of likely N-dealkylation sites (N-methyl/N-ethyl adjacent to an activating group) is 1. The second-order valence-corrected chi connectivity index (χ2v) is 5.48. The lowest BCUT2D eigenvalue weighted by Gasteiger charge is -2.36. The molecular formula is C15H31NO. The van der Waals surface area contributed by atoms with Gasteiger partial charge in [0.15, 0.2) is 0 Å². The largest absolute Gasteiger partial charge is 0.377 e. The Morgan fingerprint density at radius 2 is 1.94 bits per heavy atom. The lowest BCUT2D eigenvalue weighted by atomic mass is 9.81. The lowest BCUT2D eigenvalue weighted by Crippen LogP contribution is -2.44. The molecule has 2 heteroatoms. The SMILES string of the molecule is CCCCCOC1CC(CCC)CCC1NC. The Bertz CT molecular complexity index is 184. The third-order valence-corrected chi connectivity index (χ3v) is 4.05. The molecule has 1 fully saturated rings. The molecule has 0 amide bonds. The molecule has 0 spiro atoms. The maximum Gasteiger partial charge on any atom is 0.0730 e. The summed E-state index contributed by atoms with van der Waals surface area (Å²) in [5.74, 6) is 0.903. The van der Waals surface area contributed by atoms with Gasteiger partial charge in [-0.25, -0.2) is 0 Å². The molecule has 1 aliphatic rings. The molecule has 0 heterocycles. The Hall–Kier alpha value is -0.0800. The molecule has 0 radical (unpaired) electrons. The number of unbranched alkanes of at least 4 members (excludes halogenated alkanes) is 2. The van der Waals surface area contributed by atoms with Crippen LogP contribution in [-0.2, 0) is 4.74 Å². The van der Waals surface area contributed by atoms with Crippen molar-refractivity contribution < 1.29 is 4.74 Å². The molecule has 3 atom stereocenters. The molecule has 102 valence electrons. The number of hydrogen-bond donors (Lipinski definition) is 1. The van der Waals surface area contributed by atoms with Crippen molar-refractivity contribution in [2.24, 2.45) is 5.92 Å². The van der Waals surface area contributed by atoms with Crippen molar-refractivity contribution in [3.8, 4) is 0 Å². The molecule has 0 aliphatic heterocycles. The summed E-state index contributed by atoms with van der Waals surface area (Å²) in [6, 6.07) is 0.588. The van der Waals surface area contributed by atoms with Crippen molar-refractivity contribution in [3.05, 3.63) is 0 Å². The van der Waals surface area contributed by atoms with Crippen molar-refractivity contribution in [2.45, 2.75) is 77.4 Å². The first kappa shape index (κ1) is 15.0. The predicted molar refractivity (Wildman–Crippen MR) is 74.4 cm³/mol. The minimum absolute atomic E-state index is 0.460. The van der Waals surface area contributed by atoms with Crippen LogP contribution in [0.1, 0.15) is 65.2 Å². The van der Waals surface area contributed by atoms with Crippen LogP contribution in [0.2, 0.25) is 0 Å². The zero-order valence-corrected chi connectivity index (χ0v) is 12.0. The Labute approximate surface area is 108 Å². The van der Waals surface area contributed by atoms with Gasteiger partial charge in [0.05, 0.1) is 6.10 Å². The first-order chi connectivity index (χ1) is 8.31. The molecule has 1 saturated carbocycles. The summed E-state index contributed by atoms with van der Waals surface area (Å²) >= 11 is 0. The fraction of sp³-hybridized carbons (Fsp3) is 1.00. The van der Waals surface area contributed by atoms with Gasteiger partial charge < -0.3 is 10.1 Å². The molecule has 1 aliphatic carbocycles. The van der Waals surface area contributed by atoms with Gasteiger partial charge in [0, 0.05) is 12.6 Å². The normalized spacial score (nSPS) is 29.5. The Morgan fingerprint density at radius 3 is 2.59 bits per heavy atom. The van der Waals surface area contributed by atoms with Gasteiger partial charge in [-0.2, -0.15) is 0 Å². The van der Waals surface area contributed by atoms with Crippen LogP contribution in [0, 0.1) is 5.92 Å². The fourth-order valence-electron chi connectivity index (χ4n) is 2.98. The molecule has 0 aromatic heterocycles. The molecule has 2 nitrogen and oxygen atoms in total. The maximum absolute atomic E-state index is 6.10. The van der Waals surface area contributed by atoms with E-state index in [0.717, 1.165) is 12.5 Å². The topological polar surface area (TPSA) is 21.3 Å². The van der Waals surface area contributed by atoms with Crippen LogP contribution in [0.4, 0.5) is 0 Å². The summed E-state index contributed by atoms with van der Waals surface area (Å²) < 4.78 is 6.10. The van der Waals surface area contributed by atoms with E-state index < -0.39 is 0 Å². The summed E-state index contributed by atoms with van der Waals surface area (Å²) in [4.78, 5) is 0. The fourth-order valence-corrected chi connectivity index (χ4v) is 2.98. The van der Waals surface area contributed by atoms with Crippen molar-refractivity contribution in [1.82, 2.24) is 5.32 Å². The highest BCUT2D eigenvalue weighted by Crippen LogP contribution is 2.29. The summed E-state index contributed by atoms with van der Waals surface area (Å²) in [5, 5.41) is 3.43. The van der Waals surface area contributed by atoms with E-state index in [1.165, 1.54) is 51.4 Å². The van der Waals surface area contributed by atoms with Crippen LogP contribution >= 0.6 is 0 Å². The third kappa shape index (κ3) is 5.39. The molecule has 3 unspecified atom stereocenters. The standard InChI is InChI=1S/C15H31NO/c1-4-6-7-11-17-15-12-13(8-5-2)9-10-14(15)16-3/h13-16H,4-12H2,1-3H3. The molecule has 0 aromatic carbocycles. The van der Waals surface area contributed by atoms with Gasteiger partial charge in [-0.15, -0.1) is 0 Å². The highest BCUT2D eigenvalue weighted by atomic mass is 16.5. The van der Waals surface area contributed by atoms with E-state index in [0.29, 0.717) is 12.1 Å². The second-order valence-electron chi connectivity index (χ2n) is 5.48. The zero-order chi connectivity index (χ0) is 12.5. The van der Waals surface area contributed by atoms with Crippen LogP contribution in [0.15, 0.2) is 0 Å². The van der Waals surface area contributed by atoms with Crippen molar-refractivity contribution in [1.29, 1.82) is 0 Å². The molecule has 1 rings (SSSR count). The van der Waals surface area contributed by atoms with Crippen molar-refractivity contribution >= 4 is 0 Å². The maximum atomic E-state index is 6.10. The van der Waals surface area contributed by atoms with Crippen LogP contribution in [-0.4, -0.2) is 25.8 Å². The number of hydrogen-bond acceptors (Lipinski definition) is 2.